The SMILES string of the molecule is CC1(C)c2ccccc2-c2c1ccc1c3cc(-c4ccc5c(c4)c4ccccc4n5-c4ccc(-c5ccccc5)cc4)ccc3n(-c3ccccc3)c21.c1ccc(-c2ccc(-n3c4ccccc4c4cc(-c5ccc6c(c5)c5cc7c(cc5n6-c5ccccc5)C(c5ccccc5)(c5ccccc5)c5ccccc5-7)ccc43)cc2)cc1. The topological polar surface area (TPSA) is 19.7 Å². The average Bonchev–Trinajstić information content (AvgIpc) is 1.52. The van der Waals surface area contributed by atoms with Gasteiger partial charge in [-0.05, 0) is 216 Å². The molecule has 0 aliphatic heterocycles. The van der Waals surface area contributed by atoms with E-state index in [1.165, 1.54) is 193 Å². The Bertz CT molecular complexity index is 7620. The largest absolute Gasteiger partial charge is 0.309 e. The number of aromatic nitrogens is 4. The fourth-order valence-electron chi connectivity index (χ4n) is 20.0. The first-order valence-corrected chi connectivity index (χ1v) is 40.4. The normalized spacial score (nSPS) is 13.1. The molecule has 116 heavy (non-hydrogen) atoms. The quantitative estimate of drug-likeness (QED) is 0.130. The van der Waals surface area contributed by atoms with E-state index in [2.05, 4.69) is 457 Å². The van der Waals surface area contributed by atoms with E-state index in [0.717, 1.165) is 17.1 Å². The number of fused-ring (bicyclic) bond motifs is 19. The molecule has 0 spiro atoms. The van der Waals surface area contributed by atoms with Crippen molar-refractivity contribution in [2.75, 3.05) is 0 Å². The molecule has 0 saturated heterocycles. The minimum atomic E-state index is -0.482. The van der Waals surface area contributed by atoms with Crippen LogP contribution in [0.2, 0.25) is 0 Å². The molecule has 0 bridgehead atoms. The van der Waals surface area contributed by atoms with Gasteiger partial charge in [-0.25, -0.2) is 0 Å². The van der Waals surface area contributed by atoms with Gasteiger partial charge in [0.15, 0.2) is 0 Å². The van der Waals surface area contributed by atoms with E-state index in [1.54, 1.807) is 0 Å². The van der Waals surface area contributed by atoms with Crippen molar-refractivity contribution in [1.82, 2.24) is 18.3 Å². The molecule has 0 unspecified atom stereocenters. The Morgan fingerprint density at radius 3 is 1.01 bits per heavy atom. The van der Waals surface area contributed by atoms with Crippen molar-refractivity contribution in [2.45, 2.75) is 24.7 Å². The van der Waals surface area contributed by atoms with Gasteiger partial charge in [-0.2, -0.15) is 0 Å². The van der Waals surface area contributed by atoms with Gasteiger partial charge in [-0.3, -0.25) is 0 Å². The zero-order valence-corrected chi connectivity index (χ0v) is 64.2. The fourth-order valence-corrected chi connectivity index (χ4v) is 20.0. The summed E-state index contributed by atoms with van der Waals surface area (Å²) in [5.41, 5.74) is 36.8. The van der Waals surface area contributed by atoms with Gasteiger partial charge < -0.3 is 18.3 Å². The summed E-state index contributed by atoms with van der Waals surface area (Å²) in [6, 6.07) is 156. The van der Waals surface area contributed by atoms with Crippen LogP contribution in [0, 0.1) is 0 Å². The van der Waals surface area contributed by atoms with Gasteiger partial charge in [0.05, 0.1) is 49.5 Å². The van der Waals surface area contributed by atoms with Gasteiger partial charge >= 0.3 is 0 Å². The van der Waals surface area contributed by atoms with E-state index >= 15 is 0 Å². The minimum Gasteiger partial charge on any atom is -0.309 e. The van der Waals surface area contributed by atoms with Crippen LogP contribution in [0.15, 0.2) is 425 Å². The van der Waals surface area contributed by atoms with Gasteiger partial charge in [0.25, 0.3) is 0 Å². The fraction of sp³-hybridized carbons (Fsp3) is 0.0357. The summed E-state index contributed by atoms with van der Waals surface area (Å²) >= 11 is 0. The Hall–Kier alpha value is -14.8. The summed E-state index contributed by atoms with van der Waals surface area (Å²) in [7, 11) is 0. The Morgan fingerprint density at radius 1 is 0.181 bits per heavy atom. The predicted octanol–water partition coefficient (Wildman–Crippen LogP) is 29.1. The maximum atomic E-state index is 2.50. The molecule has 0 fully saturated rings. The highest BCUT2D eigenvalue weighted by molar-refractivity contribution is 6.18. The van der Waals surface area contributed by atoms with Crippen molar-refractivity contribution in [3.8, 4) is 89.5 Å². The molecule has 4 nitrogen and oxygen atoms in total. The number of rotatable bonds is 10. The van der Waals surface area contributed by atoms with Crippen molar-refractivity contribution in [2.24, 2.45) is 0 Å². The molecule has 22 aromatic rings. The molecule has 4 heterocycles. The standard InChI is InChI=1S/C61H40N2.C51H36N2/c1-5-17-41(18-6-1)42-29-33-48(34-30-42)62-57-28-16-14-26-50(57)52-37-43(31-35-58(52)62)44-32-36-59-53(38-44)54-39-51-49-25-13-15-27-55(49)61(45-19-7-2-8-20-45,46-21-9-3-10-22-46)56(51)40-60(54)63(59)47-23-11-4-12-24-47;1-51(2)44-19-11-9-18-41(44)49-45(51)28-27-40-43-32-36(24-30-48(43)53(50(40)49)37-15-7-4-8-16-37)35-23-29-47-42(31-35)39-17-10-12-20-46(39)52(47)38-25-21-34(22-26-38)33-13-5-3-6-14-33/h1-40H;3-32H,1-2H3. The smallest absolute Gasteiger partial charge is 0.0714 e. The second-order valence-electron chi connectivity index (χ2n) is 31.8. The lowest BCUT2D eigenvalue weighted by Gasteiger charge is -2.34. The second-order valence-corrected chi connectivity index (χ2v) is 31.8. The van der Waals surface area contributed by atoms with Gasteiger partial charge in [-0.15, -0.1) is 0 Å². The highest BCUT2D eigenvalue weighted by atomic mass is 15.0. The Balaban J connectivity index is 0.000000139. The zero-order valence-electron chi connectivity index (χ0n) is 64.2. The summed E-state index contributed by atoms with van der Waals surface area (Å²) in [5.74, 6) is 0. The lowest BCUT2D eigenvalue weighted by Crippen LogP contribution is -2.28. The van der Waals surface area contributed by atoms with Gasteiger partial charge in [0.1, 0.15) is 0 Å². The average molecular weight is 1480 g/mol. The van der Waals surface area contributed by atoms with Crippen LogP contribution < -0.4 is 0 Å². The van der Waals surface area contributed by atoms with Crippen LogP contribution in [0.25, 0.3) is 177 Å². The molecular weight excluding hydrogens is 1400 g/mol. The number of nitrogens with zero attached hydrogens (tertiary/aromatic N) is 4. The first kappa shape index (κ1) is 66.9. The third-order valence-corrected chi connectivity index (χ3v) is 25.3. The molecule has 2 aliphatic rings. The van der Waals surface area contributed by atoms with Crippen LogP contribution in [0.4, 0.5) is 0 Å². The van der Waals surface area contributed by atoms with E-state index < -0.39 is 5.41 Å². The number of hydrogen-bond acceptors (Lipinski definition) is 0. The van der Waals surface area contributed by atoms with Gasteiger partial charge in [0.2, 0.25) is 0 Å². The molecule has 4 aromatic heterocycles. The number of hydrogen-bond donors (Lipinski definition) is 0. The highest BCUT2D eigenvalue weighted by Crippen LogP contribution is 2.59. The molecule has 0 atom stereocenters. The Labute approximate surface area is 673 Å². The second kappa shape index (κ2) is 26.4. The molecular formula is C112H76N4. The van der Waals surface area contributed by atoms with Crippen LogP contribution in [0.5, 0.6) is 0 Å². The monoisotopic (exact) mass is 1480 g/mol. The summed E-state index contributed by atoms with van der Waals surface area (Å²) in [6.45, 7) is 4.73. The predicted molar refractivity (Wildman–Crippen MR) is 487 cm³/mol. The molecule has 0 radical (unpaired) electrons. The molecule has 2 aliphatic carbocycles. The van der Waals surface area contributed by atoms with E-state index in [-0.39, 0.29) is 5.41 Å². The summed E-state index contributed by atoms with van der Waals surface area (Å²) in [5, 5.41) is 10.1. The third-order valence-electron chi connectivity index (χ3n) is 25.3. The molecule has 544 valence electrons. The van der Waals surface area contributed by atoms with Crippen LogP contribution in [0.1, 0.15) is 47.2 Å². The molecule has 4 heteroatoms. The Kier molecular flexibility index (Phi) is 15.2. The summed E-state index contributed by atoms with van der Waals surface area (Å²) < 4.78 is 9.77. The molecule has 24 rings (SSSR count). The van der Waals surface area contributed by atoms with Crippen LogP contribution in [0.3, 0.4) is 0 Å². The van der Waals surface area contributed by atoms with E-state index in [0.29, 0.717) is 0 Å². The zero-order chi connectivity index (χ0) is 76.7. The van der Waals surface area contributed by atoms with E-state index in [1.807, 2.05) is 0 Å². The van der Waals surface area contributed by atoms with Crippen molar-refractivity contribution >= 4 is 87.2 Å². The van der Waals surface area contributed by atoms with Crippen molar-refractivity contribution < 1.29 is 0 Å². The maximum Gasteiger partial charge on any atom is 0.0714 e. The van der Waals surface area contributed by atoms with Crippen molar-refractivity contribution in [1.29, 1.82) is 0 Å². The summed E-state index contributed by atoms with van der Waals surface area (Å²) in [4.78, 5) is 0. The van der Waals surface area contributed by atoms with Crippen molar-refractivity contribution in [3.05, 3.63) is 458 Å². The Morgan fingerprint density at radius 2 is 0.517 bits per heavy atom. The third kappa shape index (κ3) is 10.2. The van der Waals surface area contributed by atoms with Crippen LogP contribution in [-0.4, -0.2) is 18.3 Å². The van der Waals surface area contributed by atoms with E-state index in [9.17, 15) is 0 Å². The lowest BCUT2D eigenvalue weighted by molar-refractivity contribution is 0.661. The molecule has 0 amide bonds. The highest BCUT2D eigenvalue weighted by Gasteiger charge is 2.47. The van der Waals surface area contributed by atoms with Crippen LogP contribution in [-0.2, 0) is 10.8 Å². The van der Waals surface area contributed by atoms with Gasteiger partial charge in [-0.1, -0.05) is 317 Å². The summed E-state index contributed by atoms with van der Waals surface area (Å²) in [6.07, 6.45) is 0. The molecule has 0 saturated carbocycles. The molecule has 0 N–H and O–H groups in total. The first-order valence-electron chi connectivity index (χ1n) is 40.4. The molecule has 18 aromatic carbocycles. The van der Waals surface area contributed by atoms with E-state index in [4.69, 9.17) is 0 Å². The maximum absolute atomic E-state index is 2.50. The first-order chi connectivity index (χ1) is 57.3. The van der Waals surface area contributed by atoms with Crippen molar-refractivity contribution in [3.63, 3.8) is 0 Å². The number of benzene rings is 18. The minimum absolute atomic E-state index is 0.0677. The number of para-hydroxylation sites is 4. The lowest BCUT2D eigenvalue weighted by atomic mass is 9.67. The van der Waals surface area contributed by atoms with Gasteiger partial charge in [0, 0.05) is 76.8 Å². The van der Waals surface area contributed by atoms with Crippen LogP contribution >= 0.6 is 0 Å².